The summed E-state index contributed by atoms with van der Waals surface area (Å²) in [5.74, 6) is 1.62. The van der Waals surface area contributed by atoms with E-state index in [0.29, 0.717) is 11.8 Å². The van der Waals surface area contributed by atoms with Crippen LogP contribution >= 0.6 is 12.6 Å². The Balaban J connectivity index is 2.12. The maximum atomic E-state index is 13.6. The van der Waals surface area contributed by atoms with Gasteiger partial charge in [-0.15, -0.1) is 0 Å². The summed E-state index contributed by atoms with van der Waals surface area (Å²) in [7, 11) is 0. The molecule has 0 heterocycles. The molecule has 0 fully saturated rings. The first kappa shape index (κ1) is 13.7. The predicted octanol–water partition coefficient (Wildman–Crippen LogP) is 4.62. The highest BCUT2D eigenvalue weighted by Crippen LogP contribution is 2.36. The first-order valence-electron chi connectivity index (χ1n) is 7.15. The lowest BCUT2D eigenvalue weighted by Crippen LogP contribution is -2.14. The lowest BCUT2D eigenvalue weighted by molar-refractivity contribution is 0.503. The highest BCUT2D eigenvalue weighted by Gasteiger charge is 2.25. The average Bonchev–Trinajstić information content (AvgIpc) is 2.63. The fourth-order valence-corrected chi connectivity index (χ4v) is 3.46. The maximum Gasteiger partial charge on any atom is 0.123 e. The van der Waals surface area contributed by atoms with Crippen LogP contribution in [0.15, 0.2) is 42.5 Å². The van der Waals surface area contributed by atoms with Crippen molar-refractivity contribution in [2.24, 2.45) is 5.92 Å². The predicted molar refractivity (Wildman–Crippen MR) is 85.1 cm³/mol. The summed E-state index contributed by atoms with van der Waals surface area (Å²) in [5.41, 5.74) is 5.19. The monoisotopic (exact) mass is 286 g/mol. The average molecular weight is 286 g/mol. The van der Waals surface area contributed by atoms with Gasteiger partial charge < -0.3 is 0 Å². The molecule has 0 aromatic heterocycles. The van der Waals surface area contributed by atoms with Gasteiger partial charge in [0.15, 0.2) is 0 Å². The van der Waals surface area contributed by atoms with Crippen LogP contribution in [-0.2, 0) is 12.8 Å². The van der Waals surface area contributed by atoms with Crippen LogP contribution in [-0.4, -0.2) is 5.75 Å². The Hall–Kier alpha value is -1.28. The molecule has 0 saturated heterocycles. The Kier molecular flexibility index (Phi) is 3.84. The minimum absolute atomic E-state index is 0.132. The molecule has 0 spiro atoms. The molecule has 0 bridgehead atoms. The van der Waals surface area contributed by atoms with Crippen molar-refractivity contribution < 1.29 is 4.39 Å². The minimum atomic E-state index is -0.132. The molecule has 2 heteroatoms. The summed E-state index contributed by atoms with van der Waals surface area (Å²) in [4.78, 5) is 0. The van der Waals surface area contributed by atoms with Crippen LogP contribution in [0.4, 0.5) is 4.39 Å². The quantitative estimate of drug-likeness (QED) is 0.765. The third-order valence-electron chi connectivity index (χ3n) is 4.42. The highest BCUT2D eigenvalue weighted by atomic mass is 32.1. The fourth-order valence-electron chi connectivity index (χ4n) is 3.20. The molecule has 20 heavy (non-hydrogen) atoms. The molecule has 104 valence electrons. The summed E-state index contributed by atoms with van der Waals surface area (Å²) in [6.45, 7) is 2.23. The molecule has 2 unspecified atom stereocenters. The van der Waals surface area contributed by atoms with Gasteiger partial charge in [-0.2, -0.15) is 12.6 Å². The van der Waals surface area contributed by atoms with Crippen LogP contribution in [0.1, 0.15) is 35.1 Å². The number of hydrogen-bond acceptors (Lipinski definition) is 1. The highest BCUT2D eigenvalue weighted by molar-refractivity contribution is 7.80. The molecular weight excluding hydrogens is 267 g/mol. The molecule has 2 atom stereocenters. The Labute approximate surface area is 125 Å². The zero-order valence-electron chi connectivity index (χ0n) is 11.6. The Morgan fingerprint density at radius 3 is 2.75 bits per heavy atom. The van der Waals surface area contributed by atoms with E-state index < -0.39 is 0 Å². The lowest BCUT2D eigenvalue weighted by Gasteiger charge is -2.23. The van der Waals surface area contributed by atoms with E-state index >= 15 is 0 Å². The summed E-state index contributed by atoms with van der Waals surface area (Å²) < 4.78 is 13.6. The molecular formula is C18H19FS. The zero-order valence-corrected chi connectivity index (χ0v) is 12.5. The number of benzene rings is 2. The first-order chi connectivity index (χ1) is 9.69. The first-order valence-corrected chi connectivity index (χ1v) is 7.78. The van der Waals surface area contributed by atoms with Gasteiger partial charge in [-0.3, -0.25) is 0 Å². The van der Waals surface area contributed by atoms with Gasteiger partial charge in [0.2, 0.25) is 0 Å². The Morgan fingerprint density at radius 2 is 1.95 bits per heavy atom. The number of rotatable bonds is 2. The molecule has 2 aromatic carbocycles. The molecule has 1 aliphatic carbocycles. The molecule has 3 rings (SSSR count). The topological polar surface area (TPSA) is 0 Å². The van der Waals surface area contributed by atoms with Gasteiger partial charge in [0, 0.05) is 0 Å². The van der Waals surface area contributed by atoms with E-state index in [0.717, 1.165) is 24.2 Å². The third kappa shape index (κ3) is 2.49. The normalized spacial score (nSPS) is 18.9. The van der Waals surface area contributed by atoms with Gasteiger partial charge in [-0.25, -0.2) is 4.39 Å². The second-order valence-corrected chi connectivity index (χ2v) is 6.12. The second-order valence-electron chi connectivity index (χ2n) is 5.76. The van der Waals surface area contributed by atoms with Crippen molar-refractivity contribution in [2.45, 2.75) is 25.7 Å². The van der Waals surface area contributed by atoms with E-state index in [1.54, 1.807) is 12.1 Å². The van der Waals surface area contributed by atoms with Crippen LogP contribution < -0.4 is 0 Å². The summed E-state index contributed by atoms with van der Waals surface area (Å²) >= 11 is 4.47. The number of thiol groups is 1. The molecule has 1 aliphatic rings. The fraction of sp³-hybridized carbons (Fsp3) is 0.333. The van der Waals surface area contributed by atoms with Gasteiger partial charge >= 0.3 is 0 Å². The van der Waals surface area contributed by atoms with Crippen molar-refractivity contribution in [2.75, 3.05) is 5.75 Å². The van der Waals surface area contributed by atoms with Crippen molar-refractivity contribution in [3.05, 3.63) is 70.5 Å². The summed E-state index contributed by atoms with van der Waals surface area (Å²) in [5, 5.41) is 0. The van der Waals surface area contributed by atoms with Crippen LogP contribution in [0.5, 0.6) is 0 Å². The molecule has 0 radical (unpaired) electrons. The van der Waals surface area contributed by atoms with Crippen molar-refractivity contribution in [1.29, 1.82) is 0 Å². The molecule has 0 N–H and O–H groups in total. The van der Waals surface area contributed by atoms with E-state index in [9.17, 15) is 4.39 Å². The minimum Gasteiger partial charge on any atom is -0.207 e. The van der Waals surface area contributed by atoms with Crippen LogP contribution in [0, 0.1) is 11.7 Å². The Morgan fingerprint density at radius 1 is 1.15 bits per heavy atom. The maximum absolute atomic E-state index is 13.6. The second kappa shape index (κ2) is 5.61. The largest absolute Gasteiger partial charge is 0.207 e. The van der Waals surface area contributed by atoms with E-state index in [-0.39, 0.29) is 5.82 Å². The van der Waals surface area contributed by atoms with Gasteiger partial charge in [0.25, 0.3) is 0 Å². The summed E-state index contributed by atoms with van der Waals surface area (Å²) in [6, 6.07) is 13.8. The van der Waals surface area contributed by atoms with E-state index in [2.05, 4.69) is 43.8 Å². The SMILES string of the molecule is CC(CS)C1Cc2cc(F)ccc2Cc2ccccc21. The number of halogens is 1. The smallest absolute Gasteiger partial charge is 0.123 e. The van der Waals surface area contributed by atoms with Crippen LogP contribution in [0.2, 0.25) is 0 Å². The molecule has 0 aliphatic heterocycles. The molecule has 0 amide bonds. The molecule has 0 nitrogen and oxygen atoms in total. The lowest BCUT2D eigenvalue weighted by atomic mass is 9.83. The van der Waals surface area contributed by atoms with Crippen molar-refractivity contribution in [3.63, 3.8) is 0 Å². The van der Waals surface area contributed by atoms with E-state index in [4.69, 9.17) is 0 Å². The summed E-state index contributed by atoms with van der Waals surface area (Å²) in [6.07, 6.45) is 1.81. The van der Waals surface area contributed by atoms with Crippen molar-refractivity contribution in [3.8, 4) is 0 Å². The van der Waals surface area contributed by atoms with Crippen molar-refractivity contribution in [1.82, 2.24) is 0 Å². The van der Waals surface area contributed by atoms with Gasteiger partial charge in [-0.05, 0) is 64.8 Å². The van der Waals surface area contributed by atoms with Crippen molar-refractivity contribution >= 4 is 12.6 Å². The third-order valence-corrected chi connectivity index (χ3v) is 4.99. The van der Waals surface area contributed by atoms with E-state index in [1.807, 2.05) is 6.07 Å². The van der Waals surface area contributed by atoms with Gasteiger partial charge in [-0.1, -0.05) is 37.3 Å². The van der Waals surface area contributed by atoms with Crippen LogP contribution in [0.25, 0.3) is 0 Å². The number of fused-ring (bicyclic) bond motifs is 2. The van der Waals surface area contributed by atoms with Gasteiger partial charge in [0.1, 0.15) is 5.82 Å². The molecule has 2 aromatic rings. The zero-order chi connectivity index (χ0) is 14.1. The standard InChI is InChI=1S/C18H19FS/c1-12(11-20)18-10-15-9-16(19)7-6-13(15)8-14-4-2-3-5-17(14)18/h2-7,9,12,18,20H,8,10-11H2,1H3. The molecule has 0 saturated carbocycles. The Bertz CT molecular complexity index is 621. The van der Waals surface area contributed by atoms with Gasteiger partial charge in [0.05, 0.1) is 0 Å². The van der Waals surface area contributed by atoms with E-state index in [1.165, 1.54) is 16.7 Å². The number of hydrogen-bond donors (Lipinski definition) is 1. The van der Waals surface area contributed by atoms with Crippen LogP contribution in [0.3, 0.4) is 0 Å².